The molecule has 9 heteroatoms. The first kappa shape index (κ1) is 14.4. The molecule has 0 aliphatic rings. The van der Waals surface area contributed by atoms with Crippen molar-refractivity contribution in [1.29, 1.82) is 0 Å². The Morgan fingerprint density at radius 1 is 1.43 bits per heavy atom. The van der Waals surface area contributed by atoms with Crippen LogP contribution < -0.4 is 11.1 Å². The van der Waals surface area contributed by atoms with Crippen molar-refractivity contribution in [2.75, 3.05) is 5.32 Å². The highest BCUT2D eigenvalue weighted by molar-refractivity contribution is 6.09. The number of aryl methyl sites for hydroxylation is 1. The maximum Gasteiger partial charge on any atom is 0.262 e. The van der Waals surface area contributed by atoms with Crippen molar-refractivity contribution in [3.63, 3.8) is 0 Å². The molecule has 1 aromatic heterocycles. The zero-order valence-electron chi connectivity index (χ0n) is 10.8. The van der Waals surface area contributed by atoms with Crippen LogP contribution in [0.5, 0.6) is 0 Å². The number of benzene rings is 1. The van der Waals surface area contributed by atoms with E-state index in [0.29, 0.717) is 0 Å². The molecule has 0 aliphatic heterocycles. The summed E-state index contributed by atoms with van der Waals surface area (Å²) in [5.41, 5.74) is 4.81. The number of amidine groups is 1. The van der Waals surface area contributed by atoms with Crippen molar-refractivity contribution < 1.29 is 18.8 Å². The van der Waals surface area contributed by atoms with Crippen LogP contribution in [0.25, 0.3) is 0 Å². The summed E-state index contributed by atoms with van der Waals surface area (Å²) < 4.78 is 28.3. The van der Waals surface area contributed by atoms with E-state index in [-0.39, 0.29) is 17.2 Å². The number of halogens is 2. The maximum absolute atomic E-state index is 13.5. The Kier molecular flexibility index (Phi) is 3.83. The Bertz CT molecular complexity index is 706. The minimum atomic E-state index is -1.01. The van der Waals surface area contributed by atoms with Crippen molar-refractivity contribution in [3.8, 4) is 0 Å². The Morgan fingerprint density at radius 3 is 2.62 bits per heavy atom. The number of hydrogen-bond acceptors (Lipinski definition) is 4. The number of anilines is 1. The number of nitrogens with one attached hydrogen (secondary N) is 1. The first-order valence-corrected chi connectivity index (χ1v) is 5.71. The van der Waals surface area contributed by atoms with Crippen LogP contribution in [0.3, 0.4) is 0 Å². The van der Waals surface area contributed by atoms with Gasteiger partial charge in [0.15, 0.2) is 5.84 Å². The fraction of sp³-hybridized carbons (Fsp3) is 0.0833. The molecule has 2 rings (SSSR count). The predicted octanol–water partition coefficient (Wildman–Crippen LogP) is 1.05. The summed E-state index contributed by atoms with van der Waals surface area (Å²) in [4.78, 5) is 12.0. The Balaban J connectivity index is 2.39. The topological polar surface area (TPSA) is 106 Å². The van der Waals surface area contributed by atoms with Crippen LogP contribution in [0.2, 0.25) is 0 Å². The molecule has 0 saturated heterocycles. The number of nitrogens with two attached hydrogens (primary N) is 1. The first-order valence-electron chi connectivity index (χ1n) is 5.71. The van der Waals surface area contributed by atoms with Gasteiger partial charge in [-0.25, -0.2) is 8.78 Å². The lowest BCUT2D eigenvalue weighted by molar-refractivity contribution is 0.101. The van der Waals surface area contributed by atoms with Gasteiger partial charge in [-0.1, -0.05) is 11.2 Å². The van der Waals surface area contributed by atoms with Gasteiger partial charge < -0.3 is 16.3 Å². The summed E-state index contributed by atoms with van der Waals surface area (Å²) in [6.07, 6.45) is 1.24. The van der Waals surface area contributed by atoms with Gasteiger partial charge >= 0.3 is 0 Å². The third-order valence-electron chi connectivity index (χ3n) is 2.74. The van der Waals surface area contributed by atoms with Crippen LogP contribution in [-0.4, -0.2) is 26.7 Å². The molecule has 1 aromatic carbocycles. The van der Waals surface area contributed by atoms with Gasteiger partial charge in [-0.15, -0.1) is 0 Å². The van der Waals surface area contributed by atoms with Gasteiger partial charge in [0.25, 0.3) is 5.91 Å². The monoisotopic (exact) mass is 295 g/mol. The first-order chi connectivity index (χ1) is 9.95. The number of hydrogen-bond donors (Lipinski definition) is 3. The van der Waals surface area contributed by atoms with Crippen molar-refractivity contribution in [3.05, 3.63) is 47.2 Å². The molecule has 0 atom stereocenters. The second-order valence-electron chi connectivity index (χ2n) is 4.07. The number of carbonyl (C=O) groups excluding carboxylic acids is 1. The number of carbonyl (C=O) groups is 1. The highest BCUT2D eigenvalue weighted by Crippen LogP contribution is 2.18. The van der Waals surface area contributed by atoms with Crippen LogP contribution in [0.1, 0.15) is 15.9 Å². The van der Waals surface area contributed by atoms with E-state index < -0.39 is 23.1 Å². The lowest BCUT2D eigenvalue weighted by atomic mass is 10.2. The van der Waals surface area contributed by atoms with E-state index in [9.17, 15) is 13.6 Å². The van der Waals surface area contributed by atoms with E-state index in [1.54, 1.807) is 0 Å². The van der Waals surface area contributed by atoms with E-state index in [0.717, 1.165) is 18.2 Å². The smallest absolute Gasteiger partial charge is 0.262 e. The molecular weight excluding hydrogens is 284 g/mol. The second-order valence-corrected chi connectivity index (χ2v) is 4.07. The average molecular weight is 295 g/mol. The number of amides is 1. The zero-order valence-corrected chi connectivity index (χ0v) is 10.8. The van der Waals surface area contributed by atoms with Gasteiger partial charge in [-0.05, 0) is 12.1 Å². The second kappa shape index (κ2) is 5.57. The van der Waals surface area contributed by atoms with Crippen LogP contribution in [-0.2, 0) is 7.05 Å². The number of nitrogens with zero attached hydrogens (tertiary/aromatic N) is 3. The minimum Gasteiger partial charge on any atom is -0.409 e. The lowest BCUT2D eigenvalue weighted by Gasteiger charge is -2.09. The van der Waals surface area contributed by atoms with E-state index in [2.05, 4.69) is 15.6 Å². The molecule has 0 spiro atoms. The summed E-state index contributed by atoms with van der Waals surface area (Å²) in [5, 5.41) is 17.5. The Morgan fingerprint density at radius 2 is 2.05 bits per heavy atom. The molecule has 0 aliphatic carbocycles. The molecular formula is C12H11F2N5O2. The van der Waals surface area contributed by atoms with Gasteiger partial charge in [0, 0.05) is 7.05 Å². The van der Waals surface area contributed by atoms with Crippen LogP contribution >= 0.6 is 0 Å². The lowest BCUT2D eigenvalue weighted by Crippen LogP contribution is -2.21. The van der Waals surface area contributed by atoms with Crippen molar-refractivity contribution in [1.82, 2.24) is 9.78 Å². The van der Waals surface area contributed by atoms with Crippen molar-refractivity contribution >= 4 is 17.6 Å². The molecule has 0 saturated carbocycles. The molecule has 2 aromatic rings. The summed E-state index contributed by atoms with van der Waals surface area (Å²) in [6.45, 7) is 0. The third-order valence-corrected chi connectivity index (χ3v) is 2.74. The van der Waals surface area contributed by atoms with Crippen molar-refractivity contribution in [2.24, 2.45) is 17.9 Å². The molecule has 1 heterocycles. The maximum atomic E-state index is 13.5. The largest absolute Gasteiger partial charge is 0.409 e. The molecule has 4 N–H and O–H groups in total. The molecule has 0 radical (unpaired) electrons. The highest BCUT2D eigenvalue weighted by Gasteiger charge is 2.21. The molecule has 21 heavy (non-hydrogen) atoms. The summed E-state index contributed by atoms with van der Waals surface area (Å²) in [7, 11) is 1.47. The fourth-order valence-corrected chi connectivity index (χ4v) is 1.71. The standard InChI is InChI=1S/C12H11F2N5O2/c1-19-11(6(5-16-19)10(15)18-21)17-12(20)9-7(13)3-2-4-8(9)14/h2-5,21H,1H3,(H2,15,18)(H,17,20). The summed E-state index contributed by atoms with van der Waals surface area (Å²) >= 11 is 0. The highest BCUT2D eigenvalue weighted by atomic mass is 19.1. The van der Waals surface area contributed by atoms with Gasteiger partial charge in [-0.2, -0.15) is 5.10 Å². The van der Waals surface area contributed by atoms with Gasteiger partial charge in [0.2, 0.25) is 0 Å². The molecule has 0 bridgehead atoms. The van der Waals surface area contributed by atoms with Crippen molar-refractivity contribution in [2.45, 2.75) is 0 Å². The summed E-state index contributed by atoms with van der Waals surface area (Å²) in [5.74, 6) is -3.27. The number of oxime groups is 1. The molecule has 1 amide bonds. The number of aromatic nitrogens is 2. The SMILES string of the molecule is Cn1ncc(C(N)=NO)c1NC(=O)c1c(F)cccc1F. The van der Waals surface area contributed by atoms with E-state index in [1.165, 1.54) is 17.9 Å². The van der Waals surface area contributed by atoms with Crippen LogP contribution in [0, 0.1) is 11.6 Å². The Hall–Kier alpha value is -2.97. The summed E-state index contributed by atoms with van der Waals surface area (Å²) in [6, 6.07) is 3.07. The zero-order chi connectivity index (χ0) is 15.6. The van der Waals surface area contributed by atoms with Gasteiger partial charge in [0.05, 0.1) is 11.8 Å². The van der Waals surface area contributed by atoms with Crippen LogP contribution in [0.4, 0.5) is 14.6 Å². The average Bonchev–Trinajstić information content (AvgIpc) is 2.79. The molecule has 0 fully saturated rings. The normalized spacial score (nSPS) is 11.5. The predicted molar refractivity (Wildman–Crippen MR) is 70.0 cm³/mol. The van der Waals surface area contributed by atoms with Gasteiger partial charge in [0.1, 0.15) is 23.0 Å². The molecule has 0 unspecified atom stereocenters. The van der Waals surface area contributed by atoms with Crippen LogP contribution in [0.15, 0.2) is 29.6 Å². The third kappa shape index (κ3) is 2.66. The minimum absolute atomic E-state index is 0.0398. The molecule has 7 nitrogen and oxygen atoms in total. The van der Waals surface area contributed by atoms with E-state index >= 15 is 0 Å². The molecule has 110 valence electrons. The number of rotatable bonds is 3. The van der Waals surface area contributed by atoms with E-state index in [4.69, 9.17) is 10.9 Å². The van der Waals surface area contributed by atoms with Gasteiger partial charge in [-0.3, -0.25) is 9.48 Å². The fourth-order valence-electron chi connectivity index (χ4n) is 1.71. The van der Waals surface area contributed by atoms with E-state index in [1.807, 2.05) is 0 Å². The quantitative estimate of drug-likeness (QED) is 0.340. The Labute approximate surface area is 117 Å².